The molecule has 146 valence electrons. The van der Waals surface area contributed by atoms with Crippen molar-refractivity contribution in [3.63, 3.8) is 0 Å². The minimum Gasteiger partial charge on any atom is -0.495 e. The zero-order valence-electron chi connectivity index (χ0n) is 15.8. The van der Waals surface area contributed by atoms with Crippen LogP contribution in [0.4, 0.5) is 16.2 Å². The summed E-state index contributed by atoms with van der Waals surface area (Å²) in [5.74, 6) is 1.18. The molecule has 0 spiro atoms. The molecule has 0 bridgehead atoms. The van der Waals surface area contributed by atoms with Crippen molar-refractivity contribution >= 4 is 34.8 Å². The summed E-state index contributed by atoms with van der Waals surface area (Å²) in [6, 6.07) is 14.0. The number of hydrogen-bond donors (Lipinski definition) is 2. The maximum Gasteiger partial charge on any atom is 0.323 e. The van der Waals surface area contributed by atoms with Crippen molar-refractivity contribution in [1.82, 2.24) is 14.4 Å². The van der Waals surface area contributed by atoms with Gasteiger partial charge in [-0.2, -0.15) is 0 Å². The Morgan fingerprint density at radius 2 is 1.90 bits per heavy atom. The molecule has 0 aliphatic carbocycles. The molecule has 4 rings (SSSR count). The maximum atomic E-state index is 12.4. The number of imidazole rings is 1. The van der Waals surface area contributed by atoms with Crippen LogP contribution < -0.4 is 15.4 Å². The first-order chi connectivity index (χ1) is 14.0. The Balaban J connectivity index is 1.53. The third kappa shape index (κ3) is 3.86. The number of urea groups is 1. The molecule has 0 aliphatic heterocycles. The number of carbonyl (C=O) groups is 1. The molecule has 0 atom stereocenters. The van der Waals surface area contributed by atoms with Gasteiger partial charge in [0.05, 0.1) is 17.8 Å². The van der Waals surface area contributed by atoms with Crippen LogP contribution in [-0.2, 0) is 0 Å². The second kappa shape index (κ2) is 7.81. The monoisotopic (exact) mass is 407 g/mol. The molecule has 2 amide bonds. The number of fused-ring (bicyclic) bond motifs is 1. The van der Waals surface area contributed by atoms with E-state index in [-0.39, 0.29) is 6.03 Å². The van der Waals surface area contributed by atoms with Crippen LogP contribution in [0.25, 0.3) is 17.0 Å². The van der Waals surface area contributed by atoms with Crippen LogP contribution in [0, 0.1) is 6.92 Å². The standard InChI is InChI=1S/C21H18ClN5O2/c1-13-19(26-20-23-9-4-10-27(13)20)14-5-3-6-15(11-14)24-21(28)25-16-7-8-18(29-2)17(22)12-16/h3-12H,1-2H3,(H2,24,25,28). The van der Waals surface area contributed by atoms with Crippen molar-refractivity contribution in [2.24, 2.45) is 0 Å². The number of carbonyl (C=O) groups excluding carboxylic acids is 1. The molecule has 29 heavy (non-hydrogen) atoms. The predicted molar refractivity (Wildman–Crippen MR) is 114 cm³/mol. The molecule has 2 aromatic heterocycles. The normalized spacial score (nSPS) is 10.7. The predicted octanol–water partition coefficient (Wildman–Crippen LogP) is 5.01. The van der Waals surface area contributed by atoms with E-state index in [9.17, 15) is 4.79 Å². The van der Waals surface area contributed by atoms with Crippen LogP contribution in [0.5, 0.6) is 5.75 Å². The number of rotatable bonds is 4. The van der Waals surface area contributed by atoms with Crippen molar-refractivity contribution in [2.45, 2.75) is 6.92 Å². The van der Waals surface area contributed by atoms with Gasteiger partial charge in [-0.25, -0.2) is 14.8 Å². The van der Waals surface area contributed by atoms with Gasteiger partial charge < -0.3 is 15.4 Å². The Labute approximate surface area is 172 Å². The molecule has 8 heteroatoms. The molecular formula is C21H18ClN5O2. The van der Waals surface area contributed by atoms with Gasteiger partial charge in [-0.15, -0.1) is 0 Å². The van der Waals surface area contributed by atoms with E-state index in [0.717, 1.165) is 17.0 Å². The third-order valence-corrected chi connectivity index (χ3v) is 4.74. The zero-order chi connectivity index (χ0) is 20.4. The highest BCUT2D eigenvalue weighted by Crippen LogP contribution is 2.28. The summed E-state index contributed by atoms with van der Waals surface area (Å²) in [7, 11) is 1.54. The lowest BCUT2D eigenvalue weighted by Gasteiger charge is -2.10. The van der Waals surface area contributed by atoms with E-state index in [0.29, 0.717) is 27.9 Å². The molecule has 2 heterocycles. The number of methoxy groups -OCH3 is 1. The summed E-state index contributed by atoms with van der Waals surface area (Å²) in [4.78, 5) is 21.2. The fourth-order valence-corrected chi connectivity index (χ4v) is 3.32. The third-order valence-electron chi connectivity index (χ3n) is 4.45. The fourth-order valence-electron chi connectivity index (χ4n) is 3.06. The summed E-state index contributed by atoms with van der Waals surface area (Å²) in [6.45, 7) is 1.98. The van der Waals surface area contributed by atoms with Crippen molar-refractivity contribution in [3.8, 4) is 17.0 Å². The summed E-state index contributed by atoms with van der Waals surface area (Å²) < 4.78 is 7.04. The quantitative estimate of drug-likeness (QED) is 0.498. The van der Waals surface area contributed by atoms with Crippen LogP contribution in [-0.4, -0.2) is 27.5 Å². The second-order valence-electron chi connectivity index (χ2n) is 6.34. The van der Waals surface area contributed by atoms with Crippen LogP contribution in [0.3, 0.4) is 0 Å². The summed E-state index contributed by atoms with van der Waals surface area (Å²) in [5.41, 5.74) is 3.88. The Hall–Kier alpha value is -3.58. The van der Waals surface area contributed by atoms with E-state index in [1.165, 1.54) is 7.11 Å². The van der Waals surface area contributed by atoms with Gasteiger partial charge in [-0.3, -0.25) is 4.40 Å². The van der Waals surface area contributed by atoms with E-state index in [2.05, 4.69) is 20.6 Å². The smallest absolute Gasteiger partial charge is 0.323 e. The summed E-state index contributed by atoms with van der Waals surface area (Å²) in [5, 5.41) is 6.00. The van der Waals surface area contributed by atoms with Gasteiger partial charge in [0, 0.05) is 35.0 Å². The highest BCUT2D eigenvalue weighted by Gasteiger charge is 2.12. The molecule has 0 aliphatic rings. The van der Waals surface area contributed by atoms with Crippen LogP contribution in [0.2, 0.25) is 5.02 Å². The van der Waals surface area contributed by atoms with Crippen LogP contribution in [0.1, 0.15) is 5.69 Å². The molecule has 7 nitrogen and oxygen atoms in total. The van der Waals surface area contributed by atoms with Crippen LogP contribution >= 0.6 is 11.6 Å². The molecule has 2 N–H and O–H groups in total. The first kappa shape index (κ1) is 18.8. The Morgan fingerprint density at radius 1 is 1.10 bits per heavy atom. The number of aryl methyl sites for hydroxylation is 1. The van der Waals surface area contributed by atoms with E-state index < -0.39 is 0 Å². The Bertz CT molecular complexity index is 1200. The van der Waals surface area contributed by atoms with Gasteiger partial charge in [0.2, 0.25) is 5.78 Å². The molecule has 0 saturated carbocycles. The van der Waals surface area contributed by atoms with Crippen LogP contribution in [0.15, 0.2) is 60.9 Å². The number of nitrogens with zero attached hydrogens (tertiary/aromatic N) is 3. The minimum absolute atomic E-state index is 0.378. The summed E-state index contributed by atoms with van der Waals surface area (Å²) >= 11 is 6.10. The molecule has 2 aromatic carbocycles. The van der Waals surface area contributed by atoms with Gasteiger partial charge in [0.25, 0.3) is 0 Å². The van der Waals surface area contributed by atoms with Crippen molar-refractivity contribution in [2.75, 3.05) is 17.7 Å². The number of nitrogens with one attached hydrogen (secondary N) is 2. The first-order valence-electron chi connectivity index (χ1n) is 8.87. The molecule has 4 aromatic rings. The maximum absolute atomic E-state index is 12.4. The van der Waals surface area contributed by atoms with E-state index in [1.807, 2.05) is 47.9 Å². The SMILES string of the molecule is COc1ccc(NC(=O)Nc2cccc(-c3nc4ncccn4c3C)c2)cc1Cl. The number of hydrogen-bond acceptors (Lipinski definition) is 4. The number of anilines is 2. The van der Waals surface area contributed by atoms with Crippen molar-refractivity contribution in [3.05, 3.63) is 71.6 Å². The highest BCUT2D eigenvalue weighted by molar-refractivity contribution is 6.32. The Kier molecular flexibility index (Phi) is 5.05. The molecule has 0 radical (unpaired) electrons. The van der Waals surface area contributed by atoms with Gasteiger partial charge >= 0.3 is 6.03 Å². The van der Waals surface area contributed by atoms with Gasteiger partial charge in [-0.05, 0) is 43.3 Å². The average Bonchev–Trinajstić information content (AvgIpc) is 3.05. The topological polar surface area (TPSA) is 80.5 Å². The molecule has 0 fully saturated rings. The van der Waals surface area contributed by atoms with Gasteiger partial charge in [0.1, 0.15) is 5.75 Å². The lowest BCUT2D eigenvalue weighted by atomic mass is 10.1. The lowest BCUT2D eigenvalue weighted by molar-refractivity contribution is 0.262. The average molecular weight is 408 g/mol. The number of amides is 2. The van der Waals surface area contributed by atoms with E-state index in [1.54, 1.807) is 24.4 Å². The molecule has 0 saturated heterocycles. The van der Waals surface area contributed by atoms with Crippen molar-refractivity contribution in [1.29, 1.82) is 0 Å². The van der Waals surface area contributed by atoms with Gasteiger partial charge in [-0.1, -0.05) is 23.7 Å². The van der Waals surface area contributed by atoms with E-state index >= 15 is 0 Å². The number of aromatic nitrogens is 3. The van der Waals surface area contributed by atoms with Gasteiger partial charge in [0.15, 0.2) is 0 Å². The highest BCUT2D eigenvalue weighted by atomic mass is 35.5. The number of benzene rings is 2. The Morgan fingerprint density at radius 3 is 2.62 bits per heavy atom. The van der Waals surface area contributed by atoms with Crippen molar-refractivity contribution < 1.29 is 9.53 Å². The molecular weight excluding hydrogens is 390 g/mol. The minimum atomic E-state index is -0.378. The fraction of sp³-hybridized carbons (Fsp3) is 0.0952. The molecule has 0 unspecified atom stereocenters. The number of halogens is 1. The first-order valence-corrected chi connectivity index (χ1v) is 9.24. The second-order valence-corrected chi connectivity index (χ2v) is 6.75. The zero-order valence-corrected chi connectivity index (χ0v) is 16.6. The lowest BCUT2D eigenvalue weighted by Crippen LogP contribution is -2.19. The summed E-state index contributed by atoms with van der Waals surface area (Å²) in [6.07, 6.45) is 3.63. The number of ether oxygens (including phenoxy) is 1. The van der Waals surface area contributed by atoms with E-state index in [4.69, 9.17) is 16.3 Å². The largest absolute Gasteiger partial charge is 0.495 e.